The topological polar surface area (TPSA) is 131 Å². The van der Waals surface area contributed by atoms with E-state index in [0.29, 0.717) is 14.5 Å². The minimum Gasteiger partial charge on any atom is -0.506 e. The first kappa shape index (κ1) is 17.8. The van der Waals surface area contributed by atoms with Crippen molar-refractivity contribution in [2.45, 2.75) is 0 Å². The summed E-state index contributed by atoms with van der Waals surface area (Å²) in [6.07, 6.45) is 1.26. The van der Waals surface area contributed by atoms with Crippen LogP contribution in [-0.4, -0.2) is 21.2 Å². The maximum Gasteiger partial charge on any atom is 0.301 e. The second kappa shape index (κ2) is 7.36. The van der Waals surface area contributed by atoms with Crippen molar-refractivity contribution in [1.29, 1.82) is 0 Å². The third-order valence-corrected chi connectivity index (χ3v) is 4.21. The van der Waals surface area contributed by atoms with E-state index >= 15 is 0 Å². The van der Waals surface area contributed by atoms with Gasteiger partial charge in [0.05, 0.1) is 32.2 Å². The molecule has 0 aliphatic carbocycles. The number of hydrogen-bond donors (Lipinski definition) is 2. The van der Waals surface area contributed by atoms with Crippen molar-refractivity contribution in [2.75, 3.05) is 5.43 Å². The molecule has 2 N–H and O–H groups in total. The number of nitro benzene ring substituents is 2. The van der Waals surface area contributed by atoms with Crippen molar-refractivity contribution >= 4 is 55.1 Å². The van der Waals surface area contributed by atoms with Crippen LogP contribution in [0.15, 0.2) is 44.4 Å². The highest BCUT2D eigenvalue weighted by Gasteiger charge is 2.19. The van der Waals surface area contributed by atoms with Crippen LogP contribution < -0.4 is 5.43 Å². The maximum atomic E-state index is 11.0. The molecule has 0 heterocycles. The normalized spacial score (nSPS) is 10.8. The highest BCUT2D eigenvalue weighted by molar-refractivity contribution is 9.11. The molecule has 11 heteroatoms. The summed E-state index contributed by atoms with van der Waals surface area (Å²) in [7, 11) is 0. The Bertz CT molecular complexity index is 856. The lowest BCUT2D eigenvalue weighted by atomic mass is 10.2. The number of non-ortho nitro benzene ring substituents is 1. The molecule has 2 aromatic rings. The number of nitro groups is 2. The zero-order valence-electron chi connectivity index (χ0n) is 11.6. The van der Waals surface area contributed by atoms with Crippen molar-refractivity contribution < 1.29 is 15.0 Å². The first-order chi connectivity index (χ1) is 11.3. The molecule has 0 saturated heterocycles. The van der Waals surface area contributed by atoms with Crippen LogP contribution in [0, 0.1) is 20.2 Å². The standard InChI is InChI=1S/C13H8Br2N4O5/c14-9-2-3-10(15)13(20)8(9)6-16-17-11-4-1-7(18(21)22)5-12(11)19(23)24/h1-6,17,20H/b16-6+. The van der Waals surface area contributed by atoms with E-state index in [1.165, 1.54) is 12.3 Å². The summed E-state index contributed by atoms with van der Waals surface area (Å²) in [5.41, 5.74) is 1.88. The van der Waals surface area contributed by atoms with Crippen molar-refractivity contribution in [3.8, 4) is 5.75 Å². The highest BCUT2D eigenvalue weighted by atomic mass is 79.9. The zero-order valence-corrected chi connectivity index (χ0v) is 14.8. The molecule has 0 saturated carbocycles. The van der Waals surface area contributed by atoms with Crippen LogP contribution in [0.5, 0.6) is 5.75 Å². The average Bonchev–Trinajstić information content (AvgIpc) is 2.54. The summed E-state index contributed by atoms with van der Waals surface area (Å²) < 4.78 is 1.01. The van der Waals surface area contributed by atoms with Crippen molar-refractivity contribution in [3.63, 3.8) is 0 Å². The van der Waals surface area contributed by atoms with E-state index < -0.39 is 21.2 Å². The quantitative estimate of drug-likeness (QED) is 0.391. The predicted octanol–water partition coefficient (Wildman–Crippen LogP) is 4.18. The van der Waals surface area contributed by atoms with Crippen molar-refractivity contribution in [1.82, 2.24) is 0 Å². The molecule has 24 heavy (non-hydrogen) atoms. The van der Waals surface area contributed by atoms with E-state index in [4.69, 9.17) is 0 Å². The molecule has 2 rings (SSSR count). The van der Waals surface area contributed by atoms with Gasteiger partial charge in [-0.15, -0.1) is 0 Å². The Hall–Kier alpha value is -2.53. The van der Waals surface area contributed by atoms with E-state index in [-0.39, 0.29) is 11.4 Å². The molecule has 0 radical (unpaired) electrons. The number of phenolic OH excluding ortho intramolecular Hbond substituents is 1. The fraction of sp³-hybridized carbons (Fsp3) is 0. The molecule has 9 nitrogen and oxygen atoms in total. The Labute approximate surface area is 151 Å². The molecular weight excluding hydrogens is 452 g/mol. The van der Waals surface area contributed by atoms with Crippen LogP contribution in [-0.2, 0) is 0 Å². The lowest BCUT2D eigenvalue weighted by Gasteiger charge is -2.05. The lowest BCUT2D eigenvalue weighted by Crippen LogP contribution is -1.99. The Morgan fingerprint density at radius 3 is 2.38 bits per heavy atom. The van der Waals surface area contributed by atoms with Crippen LogP contribution in [0.25, 0.3) is 0 Å². The maximum absolute atomic E-state index is 11.0. The van der Waals surface area contributed by atoms with Gasteiger partial charge in [0, 0.05) is 10.5 Å². The van der Waals surface area contributed by atoms with Gasteiger partial charge in [0.2, 0.25) is 0 Å². The summed E-state index contributed by atoms with van der Waals surface area (Å²) in [6.45, 7) is 0. The number of hydrazone groups is 1. The summed E-state index contributed by atoms with van der Waals surface area (Å²) in [5, 5.41) is 35.5. The molecule has 0 aromatic heterocycles. The number of phenols is 1. The number of aromatic hydroxyl groups is 1. The number of anilines is 1. The first-order valence-electron chi connectivity index (χ1n) is 6.20. The molecule has 0 amide bonds. The zero-order chi connectivity index (χ0) is 17.9. The molecule has 0 aliphatic heterocycles. The number of benzene rings is 2. The molecule has 0 unspecified atom stereocenters. The van der Waals surface area contributed by atoms with Gasteiger partial charge >= 0.3 is 5.69 Å². The number of rotatable bonds is 5. The summed E-state index contributed by atoms with van der Waals surface area (Å²) >= 11 is 6.41. The van der Waals surface area contributed by atoms with Crippen molar-refractivity contribution in [2.24, 2.45) is 5.10 Å². The summed E-state index contributed by atoms with van der Waals surface area (Å²) in [4.78, 5) is 20.2. The van der Waals surface area contributed by atoms with Gasteiger partial charge in [-0.25, -0.2) is 0 Å². The van der Waals surface area contributed by atoms with Gasteiger partial charge in [0.15, 0.2) is 0 Å². The van der Waals surface area contributed by atoms with Crippen LogP contribution in [0.1, 0.15) is 5.56 Å². The van der Waals surface area contributed by atoms with Crippen LogP contribution in [0.4, 0.5) is 17.1 Å². The van der Waals surface area contributed by atoms with Crippen LogP contribution in [0.2, 0.25) is 0 Å². The van der Waals surface area contributed by atoms with Gasteiger partial charge in [-0.1, -0.05) is 0 Å². The van der Waals surface area contributed by atoms with E-state index in [9.17, 15) is 25.3 Å². The molecular formula is C13H8Br2N4O5. The van der Waals surface area contributed by atoms with Crippen LogP contribution >= 0.6 is 31.9 Å². The third kappa shape index (κ3) is 3.86. The first-order valence-corrected chi connectivity index (χ1v) is 7.78. The smallest absolute Gasteiger partial charge is 0.301 e. The van der Waals surface area contributed by atoms with E-state index in [1.54, 1.807) is 12.1 Å². The number of halogens is 2. The third-order valence-electron chi connectivity index (χ3n) is 2.88. The van der Waals surface area contributed by atoms with E-state index in [0.717, 1.165) is 12.1 Å². The number of hydrogen-bond acceptors (Lipinski definition) is 7. The number of nitrogens with one attached hydrogen (secondary N) is 1. The Balaban J connectivity index is 2.31. The molecule has 0 aliphatic rings. The molecule has 0 fully saturated rings. The van der Waals surface area contributed by atoms with Gasteiger partial charge in [0.1, 0.15) is 11.4 Å². The highest BCUT2D eigenvalue weighted by Crippen LogP contribution is 2.32. The molecule has 0 atom stereocenters. The molecule has 0 bridgehead atoms. The van der Waals surface area contributed by atoms with Gasteiger partial charge in [-0.2, -0.15) is 5.10 Å². The van der Waals surface area contributed by atoms with Gasteiger partial charge in [0.25, 0.3) is 5.69 Å². The molecule has 124 valence electrons. The van der Waals surface area contributed by atoms with Crippen molar-refractivity contribution in [3.05, 3.63) is 65.1 Å². The SMILES string of the molecule is O=[N+]([O-])c1ccc(N/N=C/c2c(Br)ccc(Br)c2O)c([N+](=O)[O-])c1. The lowest BCUT2D eigenvalue weighted by molar-refractivity contribution is -0.393. The second-order valence-electron chi connectivity index (χ2n) is 4.38. The predicted molar refractivity (Wildman–Crippen MR) is 94.5 cm³/mol. The Kier molecular flexibility index (Phi) is 5.46. The fourth-order valence-corrected chi connectivity index (χ4v) is 2.49. The molecule has 0 spiro atoms. The minimum atomic E-state index is -0.753. The van der Waals surface area contributed by atoms with Gasteiger partial charge < -0.3 is 5.11 Å². The Morgan fingerprint density at radius 2 is 1.75 bits per heavy atom. The largest absolute Gasteiger partial charge is 0.506 e. The summed E-state index contributed by atoms with van der Waals surface area (Å²) in [5.74, 6) is -0.0619. The van der Waals surface area contributed by atoms with Crippen LogP contribution in [0.3, 0.4) is 0 Å². The monoisotopic (exact) mass is 458 g/mol. The average molecular weight is 460 g/mol. The molecule has 2 aromatic carbocycles. The van der Waals surface area contributed by atoms with E-state index in [1.807, 2.05) is 0 Å². The van der Waals surface area contributed by atoms with Gasteiger partial charge in [-0.05, 0) is 50.1 Å². The summed E-state index contributed by atoms with van der Waals surface area (Å²) in [6, 6.07) is 6.45. The second-order valence-corrected chi connectivity index (χ2v) is 6.09. The minimum absolute atomic E-state index is 0.0209. The fourth-order valence-electron chi connectivity index (χ4n) is 1.73. The Morgan fingerprint density at radius 1 is 1.08 bits per heavy atom. The number of nitrogens with zero attached hydrogens (tertiary/aromatic N) is 3. The van der Waals surface area contributed by atoms with Gasteiger partial charge in [-0.3, -0.25) is 25.7 Å². The van der Waals surface area contributed by atoms with E-state index in [2.05, 4.69) is 42.4 Å².